The highest BCUT2D eigenvalue weighted by Gasteiger charge is 2.50. The molecule has 0 unspecified atom stereocenters. The summed E-state index contributed by atoms with van der Waals surface area (Å²) in [6.07, 6.45) is 0.298. The number of anilines is 1. The monoisotopic (exact) mass is 471 g/mol. The van der Waals surface area contributed by atoms with Crippen LogP contribution in [0.15, 0.2) is 54.6 Å². The maximum absolute atomic E-state index is 13.4. The molecule has 2 aliphatic rings. The number of carbonyl (C=O) groups excluding carboxylic acids is 3. The fourth-order valence-corrected chi connectivity index (χ4v) is 6.00. The second kappa shape index (κ2) is 8.51. The van der Waals surface area contributed by atoms with Crippen molar-refractivity contribution < 1.29 is 27.5 Å². The summed E-state index contributed by atoms with van der Waals surface area (Å²) in [5, 5.41) is 2.68. The minimum atomic E-state index is -3.26. The van der Waals surface area contributed by atoms with Gasteiger partial charge in [-0.25, -0.2) is 13.2 Å². The topological polar surface area (TPSA) is 113 Å². The lowest BCUT2D eigenvalue weighted by Crippen LogP contribution is -2.48. The lowest BCUT2D eigenvalue weighted by atomic mass is 9.92. The number of imide groups is 1. The fourth-order valence-electron chi connectivity index (χ4n) is 4.30. The van der Waals surface area contributed by atoms with Crippen LogP contribution in [0.3, 0.4) is 0 Å². The Morgan fingerprint density at radius 1 is 1.15 bits per heavy atom. The Morgan fingerprint density at radius 3 is 2.39 bits per heavy atom. The standard InChI is InChI=1S/C23H25N3O6S/c1-23(16-8-10-19(32-2)11-9-16)21(28)25(22(29)24-23)14-20(27)26(17-6-4-3-5-7-17)18-12-13-33(30,31)15-18/h3-11,18H,12-15H2,1-2H3,(H,24,29)/t18-,23-/m0/s1. The van der Waals surface area contributed by atoms with E-state index in [-0.39, 0.29) is 11.5 Å². The molecule has 0 saturated carbocycles. The van der Waals surface area contributed by atoms with E-state index in [9.17, 15) is 22.8 Å². The first-order valence-electron chi connectivity index (χ1n) is 10.5. The van der Waals surface area contributed by atoms with Gasteiger partial charge in [-0.05, 0) is 43.2 Å². The van der Waals surface area contributed by atoms with Gasteiger partial charge in [0.05, 0.1) is 24.7 Å². The molecular weight excluding hydrogens is 446 g/mol. The number of carbonyl (C=O) groups is 3. The summed E-state index contributed by atoms with van der Waals surface area (Å²) in [5.41, 5.74) is -0.259. The van der Waals surface area contributed by atoms with E-state index in [1.54, 1.807) is 61.5 Å². The Hall–Kier alpha value is -3.40. The van der Waals surface area contributed by atoms with Crippen LogP contribution < -0.4 is 15.0 Å². The first kappa shape index (κ1) is 22.8. The average Bonchev–Trinajstić information content (AvgIpc) is 3.26. The van der Waals surface area contributed by atoms with Gasteiger partial charge in [0.25, 0.3) is 5.91 Å². The SMILES string of the molecule is COc1ccc([C@]2(C)NC(=O)N(CC(=O)N(c3ccccc3)[C@H]3CCS(=O)(=O)C3)C2=O)cc1. The van der Waals surface area contributed by atoms with Crippen LogP contribution in [0.1, 0.15) is 18.9 Å². The van der Waals surface area contributed by atoms with Gasteiger partial charge in [0.1, 0.15) is 17.8 Å². The van der Waals surface area contributed by atoms with Crippen LogP contribution in [0.4, 0.5) is 10.5 Å². The summed E-state index contributed by atoms with van der Waals surface area (Å²) in [7, 11) is -1.73. The summed E-state index contributed by atoms with van der Waals surface area (Å²) < 4.78 is 29.3. The van der Waals surface area contributed by atoms with E-state index in [2.05, 4.69) is 5.32 Å². The van der Waals surface area contributed by atoms with Gasteiger partial charge in [-0.15, -0.1) is 0 Å². The zero-order valence-electron chi connectivity index (χ0n) is 18.4. The number of nitrogens with zero attached hydrogens (tertiary/aromatic N) is 2. The Balaban J connectivity index is 1.59. The van der Waals surface area contributed by atoms with Crippen LogP contribution in [0.25, 0.3) is 0 Å². The van der Waals surface area contributed by atoms with E-state index in [1.165, 1.54) is 12.0 Å². The first-order chi connectivity index (χ1) is 15.6. The lowest BCUT2D eigenvalue weighted by molar-refractivity contribution is -0.134. The van der Waals surface area contributed by atoms with E-state index in [4.69, 9.17) is 4.74 Å². The van der Waals surface area contributed by atoms with E-state index >= 15 is 0 Å². The molecule has 174 valence electrons. The van der Waals surface area contributed by atoms with Crippen molar-refractivity contribution in [3.63, 3.8) is 0 Å². The highest BCUT2D eigenvalue weighted by atomic mass is 32.2. The number of ether oxygens (including phenoxy) is 1. The van der Waals surface area contributed by atoms with Gasteiger partial charge >= 0.3 is 6.03 Å². The molecule has 4 amide bonds. The smallest absolute Gasteiger partial charge is 0.325 e. The van der Waals surface area contributed by atoms with Crippen LogP contribution >= 0.6 is 0 Å². The van der Waals surface area contributed by atoms with Crippen LogP contribution in [-0.2, 0) is 25.0 Å². The zero-order valence-corrected chi connectivity index (χ0v) is 19.2. The molecule has 10 heteroatoms. The molecule has 2 heterocycles. The molecule has 0 aromatic heterocycles. The number of amides is 4. The van der Waals surface area contributed by atoms with Crippen LogP contribution in [-0.4, -0.2) is 62.4 Å². The van der Waals surface area contributed by atoms with E-state index < -0.39 is 45.8 Å². The third-order valence-corrected chi connectivity index (χ3v) is 7.86. The first-order valence-corrected chi connectivity index (χ1v) is 12.3. The Labute approximate surface area is 192 Å². The third-order valence-electron chi connectivity index (χ3n) is 6.11. The molecule has 0 bridgehead atoms. The lowest BCUT2D eigenvalue weighted by Gasteiger charge is -2.30. The Morgan fingerprint density at radius 2 is 1.82 bits per heavy atom. The van der Waals surface area contributed by atoms with Crippen molar-refractivity contribution >= 4 is 33.4 Å². The van der Waals surface area contributed by atoms with Gasteiger partial charge < -0.3 is 15.0 Å². The quantitative estimate of drug-likeness (QED) is 0.642. The van der Waals surface area contributed by atoms with Crippen molar-refractivity contribution in [2.24, 2.45) is 0 Å². The molecule has 2 aromatic rings. The predicted octanol–water partition coefficient (Wildman–Crippen LogP) is 1.68. The van der Waals surface area contributed by atoms with Crippen LogP contribution in [0, 0.1) is 0 Å². The van der Waals surface area contributed by atoms with Gasteiger partial charge in [0.2, 0.25) is 5.91 Å². The van der Waals surface area contributed by atoms with Crippen molar-refractivity contribution in [2.75, 3.05) is 30.1 Å². The molecule has 4 rings (SSSR count). The van der Waals surface area contributed by atoms with Gasteiger partial charge in [0.15, 0.2) is 9.84 Å². The van der Waals surface area contributed by atoms with Crippen molar-refractivity contribution in [2.45, 2.75) is 24.9 Å². The second-order valence-corrected chi connectivity index (χ2v) is 10.6. The van der Waals surface area contributed by atoms with E-state index in [1.807, 2.05) is 0 Å². The predicted molar refractivity (Wildman–Crippen MR) is 122 cm³/mol. The minimum Gasteiger partial charge on any atom is -0.497 e. The largest absolute Gasteiger partial charge is 0.497 e. The fraction of sp³-hybridized carbons (Fsp3) is 0.348. The second-order valence-electron chi connectivity index (χ2n) is 8.33. The molecule has 0 spiro atoms. The number of sulfone groups is 1. The molecule has 33 heavy (non-hydrogen) atoms. The van der Waals surface area contributed by atoms with Crippen molar-refractivity contribution in [3.05, 3.63) is 60.2 Å². The summed E-state index contributed by atoms with van der Waals surface area (Å²) in [5.74, 6) is -0.635. The summed E-state index contributed by atoms with van der Waals surface area (Å²) in [6.45, 7) is 1.08. The number of para-hydroxylation sites is 1. The van der Waals surface area contributed by atoms with Gasteiger partial charge in [-0.1, -0.05) is 30.3 Å². The molecule has 0 aliphatic carbocycles. The Bertz CT molecular complexity index is 1180. The number of methoxy groups -OCH3 is 1. The van der Waals surface area contributed by atoms with Crippen LogP contribution in [0.2, 0.25) is 0 Å². The summed E-state index contributed by atoms with van der Waals surface area (Å²) in [6, 6.07) is 14.2. The molecule has 2 atom stereocenters. The van der Waals surface area contributed by atoms with Crippen molar-refractivity contribution in [1.82, 2.24) is 10.2 Å². The van der Waals surface area contributed by atoms with Gasteiger partial charge in [-0.3, -0.25) is 14.5 Å². The zero-order chi connectivity index (χ0) is 23.8. The average molecular weight is 472 g/mol. The third kappa shape index (κ3) is 4.30. The van der Waals surface area contributed by atoms with Gasteiger partial charge in [0, 0.05) is 5.69 Å². The number of hydrogen-bond acceptors (Lipinski definition) is 6. The highest BCUT2D eigenvalue weighted by Crippen LogP contribution is 2.31. The number of nitrogens with one attached hydrogen (secondary N) is 1. The van der Waals surface area contributed by atoms with Crippen molar-refractivity contribution in [3.8, 4) is 5.75 Å². The minimum absolute atomic E-state index is 0.00699. The molecule has 2 aromatic carbocycles. The van der Waals surface area contributed by atoms with E-state index in [0.717, 1.165) is 4.90 Å². The molecular formula is C23H25N3O6S. The molecule has 2 fully saturated rings. The molecule has 1 N–H and O–H groups in total. The molecule has 0 radical (unpaired) electrons. The number of rotatable bonds is 6. The number of benzene rings is 2. The summed E-state index contributed by atoms with van der Waals surface area (Å²) >= 11 is 0. The highest BCUT2D eigenvalue weighted by molar-refractivity contribution is 7.91. The Kier molecular flexibility index (Phi) is 5.87. The number of hydrogen-bond donors (Lipinski definition) is 1. The van der Waals surface area contributed by atoms with Crippen molar-refractivity contribution in [1.29, 1.82) is 0 Å². The normalized spacial score (nSPS) is 23.9. The number of urea groups is 1. The van der Waals surface area contributed by atoms with E-state index in [0.29, 0.717) is 23.4 Å². The van der Waals surface area contributed by atoms with Gasteiger partial charge in [-0.2, -0.15) is 0 Å². The molecule has 2 saturated heterocycles. The molecule has 2 aliphatic heterocycles. The molecule has 9 nitrogen and oxygen atoms in total. The maximum atomic E-state index is 13.4. The maximum Gasteiger partial charge on any atom is 0.325 e. The summed E-state index contributed by atoms with van der Waals surface area (Å²) in [4.78, 5) is 41.6. The van der Waals surface area contributed by atoms with Crippen LogP contribution in [0.5, 0.6) is 5.75 Å².